The van der Waals surface area contributed by atoms with E-state index in [1.807, 2.05) is 0 Å². The third-order valence-corrected chi connectivity index (χ3v) is 7.35. The van der Waals surface area contributed by atoms with Gasteiger partial charge in [-0.2, -0.15) is 0 Å². The number of hydrogen-bond donors (Lipinski definition) is 0. The summed E-state index contributed by atoms with van der Waals surface area (Å²) in [5, 5.41) is 0. The number of ether oxygens (including phenoxy) is 2. The van der Waals surface area contributed by atoms with Crippen LogP contribution in [-0.2, 0) is 14.3 Å². The molecule has 2 aliphatic carbocycles. The lowest BCUT2D eigenvalue weighted by atomic mass is 9.72. The molecule has 0 aromatic carbocycles. The molecular formula is C27H48O3. The van der Waals surface area contributed by atoms with Crippen LogP contribution in [0.4, 0.5) is 0 Å². The molecule has 30 heavy (non-hydrogen) atoms. The maximum absolute atomic E-state index is 11.2. The Morgan fingerprint density at radius 1 is 0.733 bits per heavy atom. The van der Waals surface area contributed by atoms with Crippen LogP contribution >= 0.6 is 0 Å². The van der Waals surface area contributed by atoms with E-state index in [1.165, 1.54) is 96.0 Å². The van der Waals surface area contributed by atoms with Crippen molar-refractivity contribution < 1.29 is 14.3 Å². The van der Waals surface area contributed by atoms with Crippen LogP contribution in [0.25, 0.3) is 0 Å². The highest BCUT2D eigenvalue weighted by molar-refractivity contribution is 5.88. The number of carbonyl (C=O) groups is 1. The first kappa shape index (κ1) is 25.6. The fourth-order valence-electron chi connectivity index (χ4n) is 5.34. The zero-order valence-corrected chi connectivity index (χ0v) is 19.8. The van der Waals surface area contributed by atoms with Crippen molar-refractivity contribution in [2.45, 2.75) is 128 Å². The average Bonchev–Trinajstić information content (AvgIpc) is 2.79. The molecule has 0 heterocycles. The van der Waals surface area contributed by atoms with E-state index in [-0.39, 0.29) is 5.78 Å². The van der Waals surface area contributed by atoms with E-state index in [0.717, 1.165) is 37.9 Å². The Labute approximate surface area is 186 Å². The Bertz CT molecular complexity index is 445. The molecule has 2 rings (SSSR count). The van der Waals surface area contributed by atoms with Crippen LogP contribution in [-0.4, -0.2) is 31.2 Å². The van der Waals surface area contributed by atoms with Gasteiger partial charge in [-0.25, -0.2) is 0 Å². The maximum Gasteiger partial charge on any atom is 0.155 e. The quantitative estimate of drug-likeness (QED) is 0.192. The fourth-order valence-corrected chi connectivity index (χ4v) is 5.34. The molecule has 3 heteroatoms. The summed E-state index contributed by atoms with van der Waals surface area (Å²) >= 11 is 0. The number of allylic oxidation sites excluding steroid dienone is 1. The molecule has 0 saturated heterocycles. The molecule has 0 radical (unpaired) electrons. The van der Waals surface area contributed by atoms with Crippen molar-refractivity contribution in [3.05, 3.63) is 12.7 Å². The largest absolute Gasteiger partial charge is 0.378 e. The highest BCUT2D eigenvalue weighted by Crippen LogP contribution is 2.39. The second-order valence-corrected chi connectivity index (χ2v) is 9.71. The molecule has 174 valence electrons. The molecule has 0 atom stereocenters. The minimum absolute atomic E-state index is 0.151. The van der Waals surface area contributed by atoms with Gasteiger partial charge in [0.1, 0.15) is 0 Å². The molecule has 2 fully saturated rings. The third-order valence-electron chi connectivity index (χ3n) is 7.35. The highest BCUT2D eigenvalue weighted by atomic mass is 16.5. The zero-order valence-electron chi connectivity index (χ0n) is 19.8. The van der Waals surface area contributed by atoms with Crippen molar-refractivity contribution in [2.24, 2.45) is 11.8 Å². The second kappa shape index (κ2) is 16.0. The van der Waals surface area contributed by atoms with Gasteiger partial charge in [-0.15, -0.1) is 0 Å². The molecule has 0 aromatic heterocycles. The molecule has 3 nitrogen and oxygen atoms in total. The van der Waals surface area contributed by atoms with E-state index >= 15 is 0 Å². The molecule has 0 unspecified atom stereocenters. The third kappa shape index (κ3) is 10.6. The molecular weight excluding hydrogens is 372 g/mol. The van der Waals surface area contributed by atoms with Gasteiger partial charge in [0.15, 0.2) is 5.78 Å². The van der Waals surface area contributed by atoms with Crippen molar-refractivity contribution in [3.63, 3.8) is 0 Å². The summed E-state index contributed by atoms with van der Waals surface area (Å²) in [5.74, 6) is 1.98. The van der Waals surface area contributed by atoms with E-state index < -0.39 is 0 Å². The minimum Gasteiger partial charge on any atom is -0.378 e. The van der Waals surface area contributed by atoms with E-state index in [1.54, 1.807) is 0 Å². The van der Waals surface area contributed by atoms with Crippen LogP contribution in [0.5, 0.6) is 0 Å². The van der Waals surface area contributed by atoms with Gasteiger partial charge in [-0.3, -0.25) is 4.79 Å². The first-order chi connectivity index (χ1) is 14.7. The Hall–Kier alpha value is -0.670. The Morgan fingerprint density at radius 3 is 1.70 bits per heavy atom. The molecule has 0 amide bonds. The monoisotopic (exact) mass is 420 g/mol. The molecule has 0 aliphatic heterocycles. The smallest absolute Gasteiger partial charge is 0.155 e. The Morgan fingerprint density at radius 2 is 1.20 bits per heavy atom. The van der Waals surface area contributed by atoms with Crippen LogP contribution in [0.15, 0.2) is 12.7 Å². The molecule has 0 bridgehead atoms. The van der Waals surface area contributed by atoms with Crippen LogP contribution in [0.2, 0.25) is 0 Å². The topological polar surface area (TPSA) is 35.5 Å². The summed E-state index contributed by atoms with van der Waals surface area (Å²) in [5.41, 5.74) is 0. The predicted molar refractivity (Wildman–Crippen MR) is 126 cm³/mol. The normalized spacial score (nSPS) is 27.1. The van der Waals surface area contributed by atoms with Gasteiger partial charge in [0.2, 0.25) is 0 Å². The summed E-state index contributed by atoms with van der Waals surface area (Å²) in [6.45, 7) is 7.58. The van der Waals surface area contributed by atoms with Crippen LogP contribution in [0.3, 0.4) is 0 Å². The van der Waals surface area contributed by atoms with Crippen molar-refractivity contribution in [3.8, 4) is 0 Å². The van der Waals surface area contributed by atoms with Crippen molar-refractivity contribution in [2.75, 3.05) is 13.2 Å². The molecule has 0 aromatic rings. The van der Waals surface area contributed by atoms with Crippen LogP contribution in [0.1, 0.15) is 116 Å². The SMILES string of the molecule is C=CC(=O)CCCCOC1CCC(C2CCC(OCCCCCCCC)CC2)CC1. The highest BCUT2D eigenvalue weighted by Gasteiger charge is 2.31. The van der Waals surface area contributed by atoms with Gasteiger partial charge >= 0.3 is 0 Å². The van der Waals surface area contributed by atoms with Crippen LogP contribution < -0.4 is 0 Å². The van der Waals surface area contributed by atoms with E-state index in [0.29, 0.717) is 18.6 Å². The zero-order chi connectivity index (χ0) is 21.4. The van der Waals surface area contributed by atoms with Gasteiger partial charge in [-0.05, 0) is 88.5 Å². The summed E-state index contributed by atoms with van der Waals surface area (Å²) in [6.07, 6.45) is 23.4. The molecule has 0 N–H and O–H groups in total. The van der Waals surface area contributed by atoms with Gasteiger partial charge in [0, 0.05) is 19.6 Å². The van der Waals surface area contributed by atoms with Gasteiger partial charge in [-0.1, -0.05) is 45.6 Å². The summed E-state index contributed by atoms with van der Waals surface area (Å²) in [7, 11) is 0. The Kier molecular flexibility index (Phi) is 13.7. The van der Waals surface area contributed by atoms with Crippen LogP contribution in [0, 0.1) is 11.8 Å². The Balaban J connectivity index is 1.46. The number of ketones is 1. The molecule has 0 spiro atoms. The number of hydrogen-bond acceptors (Lipinski definition) is 3. The minimum atomic E-state index is 0.151. The number of carbonyl (C=O) groups excluding carboxylic acids is 1. The van der Waals surface area contributed by atoms with Crippen molar-refractivity contribution in [1.82, 2.24) is 0 Å². The lowest BCUT2D eigenvalue weighted by Gasteiger charge is -2.37. The number of rotatable bonds is 16. The van der Waals surface area contributed by atoms with Crippen molar-refractivity contribution >= 4 is 5.78 Å². The summed E-state index contributed by atoms with van der Waals surface area (Å²) in [6, 6.07) is 0. The fraction of sp³-hybridized carbons (Fsp3) is 0.889. The lowest BCUT2D eigenvalue weighted by molar-refractivity contribution is -0.114. The molecule has 2 aliphatic rings. The summed E-state index contributed by atoms with van der Waals surface area (Å²) < 4.78 is 12.3. The number of unbranched alkanes of at least 4 members (excludes halogenated alkanes) is 6. The first-order valence-electron chi connectivity index (χ1n) is 13.1. The second-order valence-electron chi connectivity index (χ2n) is 9.71. The van der Waals surface area contributed by atoms with Gasteiger partial charge in [0.05, 0.1) is 12.2 Å². The van der Waals surface area contributed by atoms with Gasteiger partial charge in [0.25, 0.3) is 0 Å². The predicted octanol–water partition coefficient (Wildman–Crippen LogP) is 7.42. The summed E-state index contributed by atoms with van der Waals surface area (Å²) in [4.78, 5) is 11.2. The first-order valence-corrected chi connectivity index (χ1v) is 13.1. The molecule has 2 saturated carbocycles. The maximum atomic E-state index is 11.2. The van der Waals surface area contributed by atoms with Crippen molar-refractivity contribution in [1.29, 1.82) is 0 Å². The average molecular weight is 421 g/mol. The standard InChI is InChI=1S/C27H48O3/c1-3-5-6-7-8-10-21-29-26-17-13-23(14-18-26)24-15-19-27(20-16-24)30-22-11-9-12-25(28)4-2/h4,23-24,26-27H,2-3,5-22H2,1H3. The van der Waals surface area contributed by atoms with E-state index in [2.05, 4.69) is 13.5 Å². The van der Waals surface area contributed by atoms with E-state index in [4.69, 9.17) is 9.47 Å². The lowest BCUT2D eigenvalue weighted by Crippen LogP contribution is -2.30. The van der Waals surface area contributed by atoms with E-state index in [9.17, 15) is 4.79 Å². The van der Waals surface area contributed by atoms with Gasteiger partial charge < -0.3 is 9.47 Å².